The van der Waals surface area contributed by atoms with Crippen LogP contribution >= 0.6 is 0 Å². The number of carbonyl (C=O) groups excluding carboxylic acids is 1. The molecule has 0 saturated heterocycles. The van der Waals surface area contributed by atoms with E-state index in [9.17, 15) is 14.9 Å². The van der Waals surface area contributed by atoms with E-state index in [0.717, 1.165) is 18.0 Å². The van der Waals surface area contributed by atoms with Gasteiger partial charge in [0.1, 0.15) is 12.4 Å². The lowest BCUT2D eigenvalue weighted by Gasteiger charge is -2.12. The summed E-state index contributed by atoms with van der Waals surface area (Å²) < 4.78 is 5.10. The molecule has 0 atom stereocenters. The van der Waals surface area contributed by atoms with Crippen LogP contribution in [-0.4, -0.2) is 20.9 Å². The van der Waals surface area contributed by atoms with Crippen LogP contribution in [0.15, 0.2) is 30.6 Å². The van der Waals surface area contributed by atoms with Gasteiger partial charge in [-0.05, 0) is 18.6 Å². The van der Waals surface area contributed by atoms with Crippen LogP contribution in [0.1, 0.15) is 12.5 Å². The van der Waals surface area contributed by atoms with Gasteiger partial charge in [0.2, 0.25) is 5.95 Å². The number of aromatic nitrogens is 2. The average Bonchev–Trinajstić information content (AvgIpc) is 2.42. The minimum absolute atomic E-state index is 0.170. The number of rotatable bonds is 4. The van der Waals surface area contributed by atoms with Gasteiger partial charge in [-0.15, -0.1) is 0 Å². The Hall–Kier alpha value is -3.03. The van der Waals surface area contributed by atoms with Crippen molar-refractivity contribution in [1.29, 1.82) is 0 Å². The monoisotopic (exact) mass is 288 g/mol. The van der Waals surface area contributed by atoms with E-state index in [4.69, 9.17) is 4.74 Å². The van der Waals surface area contributed by atoms with Crippen molar-refractivity contribution in [2.24, 2.45) is 0 Å². The smallest absolute Gasteiger partial charge is 0.308 e. The van der Waals surface area contributed by atoms with Crippen molar-refractivity contribution in [2.75, 3.05) is 5.32 Å². The number of benzene rings is 1. The lowest BCUT2D eigenvalue weighted by molar-refractivity contribution is -0.385. The van der Waals surface area contributed by atoms with Crippen LogP contribution in [0.4, 0.5) is 17.3 Å². The number of hydrogen-bond acceptors (Lipinski definition) is 7. The van der Waals surface area contributed by atoms with Crippen LogP contribution in [0, 0.1) is 17.0 Å². The quantitative estimate of drug-likeness (QED) is 0.398. The molecule has 0 fully saturated rings. The molecule has 1 N–H and O–H groups in total. The molecule has 2 aromatic rings. The highest BCUT2D eigenvalue weighted by Crippen LogP contribution is 2.30. The summed E-state index contributed by atoms with van der Waals surface area (Å²) in [5.41, 5.74) is 1.14. The van der Waals surface area contributed by atoms with Crippen molar-refractivity contribution in [3.63, 3.8) is 0 Å². The zero-order valence-electron chi connectivity index (χ0n) is 11.4. The lowest BCUT2D eigenvalue weighted by atomic mass is 10.2. The second kappa shape index (κ2) is 5.95. The molecule has 0 bridgehead atoms. The van der Waals surface area contributed by atoms with E-state index in [2.05, 4.69) is 15.3 Å². The number of anilines is 2. The molecular weight excluding hydrogens is 276 g/mol. The molecular formula is C13H12N4O4. The molecule has 108 valence electrons. The fourth-order valence-corrected chi connectivity index (χ4v) is 1.63. The van der Waals surface area contributed by atoms with Gasteiger partial charge in [-0.2, -0.15) is 0 Å². The lowest BCUT2D eigenvalue weighted by Crippen LogP contribution is -2.06. The van der Waals surface area contributed by atoms with Crippen molar-refractivity contribution < 1.29 is 14.5 Å². The summed E-state index contributed by atoms with van der Waals surface area (Å²) in [5, 5.41) is 13.4. The highest BCUT2D eigenvalue weighted by atomic mass is 16.6. The maximum absolute atomic E-state index is 11.1. The summed E-state index contributed by atoms with van der Waals surface area (Å²) in [6.45, 7) is 3.12. The van der Waals surface area contributed by atoms with Crippen molar-refractivity contribution in [1.82, 2.24) is 9.97 Å². The zero-order chi connectivity index (χ0) is 15.4. The van der Waals surface area contributed by atoms with Crippen molar-refractivity contribution in [2.45, 2.75) is 13.8 Å². The van der Waals surface area contributed by atoms with E-state index >= 15 is 0 Å². The maximum atomic E-state index is 11.1. The van der Waals surface area contributed by atoms with Crippen LogP contribution in [0.2, 0.25) is 0 Å². The van der Waals surface area contributed by atoms with Gasteiger partial charge in [-0.3, -0.25) is 14.9 Å². The van der Waals surface area contributed by atoms with Crippen LogP contribution in [0.3, 0.4) is 0 Å². The Balaban J connectivity index is 2.30. The first-order chi connectivity index (χ1) is 9.97. The summed E-state index contributed by atoms with van der Waals surface area (Å²) in [6.07, 6.45) is 2.19. The molecule has 0 spiro atoms. The predicted octanol–water partition coefficient (Wildman–Crippen LogP) is 2.36. The van der Waals surface area contributed by atoms with Crippen LogP contribution in [0.5, 0.6) is 5.75 Å². The summed E-state index contributed by atoms with van der Waals surface area (Å²) in [4.78, 5) is 28.8. The summed E-state index contributed by atoms with van der Waals surface area (Å²) >= 11 is 0. The minimum Gasteiger partial charge on any atom is -0.424 e. The Labute approximate surface area is 120 Å². The highest BCUT2D eigenvalue weighted by molar-refractivity contribution is 5.75. The van der Waals surface area contributed by atoms with Crippen LogP contribution in [0.25, 0.3) is 0 Å². The number of nitrogens with one attached hydrogen (secondary N) is 1. The first kappa shape index (κ1) is 14.4. The number of nitro groups is 1. The molecule has 1 heterocycles. The molecule has 0 aliphatic heterocycles. The number of para-hydroxylation sites is 1. The third-order valence-corrected chi connectivity index (χ3v) is 2.57. The molecule has 0 saturated carbocycles. The van der Waals surface area contributed by atoms with Gasteiger partial charge in [-0.25, -0.2) is 9.97 Å². The number of hydrogen-bond donors (Lipinski definition) is 1. The SMILES string of the molecule is CC(=O)Oc1cccc(C)c1Nc1ncc([N+](=O)[O-])cn1. The Bertz CT molecular complexity index is 685. The maximum Gasteiger partial charge on any atom is 0.308 e. The van der Waals surface area contributed by atoms with Crippen molar-refractivity contribution in [3.05, 3.63) is 46.3 Å². The first-order valence-corrected chi connectivity index (χ1v) is 5.99. The van der Waals surface area contributed by atoms with E-state index < -0.39 is 10.9 Å². The Morgan fingerprint density at radius 1 is 1.33 bits per heavy atom. The molecule has 21 heavy (non-hydrogen) atoms. The third-order valence-electron chi connectivity index (χ3n) is 2.57. The van der Waals surface area contributed by atoms with Gasteiger partial charge in [0.05, 0.1) is 10.6 Å². The molecule has 8 nitrogen and oxygen atoms in total. The fraction of sp³-hybridized carbons (Fsp3) is 0.154. The summed E-state index contributed by atoms with van der Waals surface area (Å²) in [6, 6.07) is 5.19. The average molecular weight is 288 g/mol. The number of carbonyl (C=O) groups is 1. The normalized spacial score (nSPS) is 10.0. The molecule has 8 heteroatoms. The second-order valence-electron chi connectivity index (χ2n) is 4.19. The van der Waals surface area contributed by atoms with E-state index in [0.29, 0.717) is 11.4 Å². The number of aryl methyl sites for hydroxylation is 1. The first-order valence-electron chi connectivity index (χ1n) is 5.99. The molecule has 0 amide bonds. The van der Waals surface area contributed by atoms with Crippen LogP contribution in [-0.2, 0) is 4.79 Å². The van der Waals surface area contributed by atoms with E-state index in [1.165, 1.54) is 6.92 Å². The topological polar surface area (TPSA) is 107 Å². The summed E-state index contributed by atoms with van der Waals surface area (Å²) in [7, 11) is 0. The summed E-state index contributed by atoms with van der Waals surface area (Å²) in [5.74, 6) is 0.0565. The van der Waals surface area contributed by atoms with Crippen LogP contribution < -0.4 is 10.1 Å². The molecule has 1 aromatic heterocycles. The van der Waals surface area contributed by atoms with Crippen molar-refractivity contribution >= 4 is 23.3 Å². The fourth-order valence-electron chi connectivity index (χ4n) is 1.63. The van der Waals surface area contributed by atoms with Gasteiger partial charge in [0, 0.05) is 6.92 Å². The molecule has 0 aliphatic rings. The number of nitrogens with zero attached hydrogens (tertiary/aromatic N) is 3. The number of esters is 1. The third kappa shape index (κ3) is 3.50. The highest BCUT2D eigenvalue weighted by Gasteiger charge is 2.12. The van der Waals surface area contributed by atoms with E-state index in [1.807, 2.05) is 13.0 Å². The molecule has 0 unspecified atom stereocenters. The number of ether oxygens (including phenoxy) is 1. The van der Waals surface area contributed by atoms with Gasteiger partial charge >= 0.3 is 11.7 Å². The molecule has 2 rings (SSSR count). The largest absolute Gasteiger partial charge is 0.424 e. The van der Waals surface area contributed by atoms with Gasteiger partial charge in [0.15, 0.2) is 5.75 Å². The molecule has 0 radical (unpaired) electrons. The standard InChI is InChI=1S/C13H12N4O4/c1-8-4-3-5-11(21-9(2)18)12(8)16-13-14-6-10(7-15-13)17(19)20/h3-7H,1-2H3,(H,14,15,16). The van der Waals surface area contributed by atoms with E-state index in [-0.39, 0.29) is 11.6 Å². The minimum atomic E-state index is -0.582. The van der Waals surface area contributed by atoms with Gasteiger partial charge < -0.3 is 10.1 Å². The van der Waals surface area contributed by atoms with Gasteiger partial charge in [0.25, 0.3) is 0 Å². The molecule has 0 aliphatic carbocycles. The Morgan fingerprint density at radius 3 is 2.57 bits per heavy atom. The Kier molecular flexibility index (Phi) is 4.07. The Morgan fingerprint density at radius 2 is 2.00 bits per heavy atom. The van der Waals surface area contributed by atoms with Crippen molar-refractivity contribution in [3.8, 4) is 5.75 Å². The predicted molar refractivity (Wildman–Crippen MR) is 74.5 cm³/mol. The second-order valence-corrected chi connectivity index (χ2v) is 4.19. The van der Waals surface area contributed by atoms with Gasteiger partial charge in [-0.1, -0.05) is 12.1 Å². The zero-order valence-corrected chi connectivity index (χ0v) is 11.4. The molecule has 1 aromatic carbocycles. The van der Waals surface area contributed by atoms with E-state index in [1.54, 1.807) is 12.1 Å².